The van der Waals surface area contributed by atoms with Gasteiger partial charge in [-0.3, -0.25) is 0 Å². The molecule has 1 N–H and O–H groups in total. The normalized spacial score (nSPS) is 14.8. The third-order valence-corrected chi connectivity index (χ3v) is 5.21. The summed E-state index contributed by atoms with van der Waals surface area (Å²) >= 11 is 1.92. The van der Waals surface area contributed by atoms with Crippen LogP contribution in [-0.2, 0) is 17.9 Å². The van der Waals surface area contributed by atoms with Crippen molar-refractivity contribution in [3.05, 3.63) is 21.4 Å². The van der Waals surface area contributed by atoms with Gasteiger partial charge >= 0.3 is 0 Å². The second-order valence-corrected chi connectivity index (χ2v) is 7.61. The number of nitrogens with one attached hydrogen (secondary N) is 1. The Morgan fingerprint density at radius 3 is 2.71 bits per heavy atom. The van der Waals surface area contributed by atoms with Crippen LogP contribution < -0.4 is 5.32 Å². The minimum atomic E-state index is 0.791. The van der Waals surface area contributed by atoms with Crippen LogP contribution in [0.4, 0.5) is 0 Å². The highest BCUT2D eigenvalue weighted by molar-refractivity contribution is 7.12. The molecule has 0 spiro atoms. The van der Waals surface area contributed by atoms with E-state index in [1.165, 1.54) is 66.7 Å². The molecule has 120 valence electrons. The summed E-state index contributed by atoms with van der Waals surface area (Å²) < 4.78 is 5.84. The molecule has 0 atom stereocenters. The molecule has 0 aliphatic heterocycles. The van der Waals surface area contributed by atoms with Crippen LogP contribution >= 0.6 is 11.3 Å². The van der Waals surface area contributed by atoms with Gasteiger partial charge in [0, 0.05) is 28.9 Å². The lowest BCUT2D eigenvalue weighted by atomic mass is 10.1. The molecule has 0 amide bonds. The van der Waals surface area contributed by atoms with Gasteiger partial charge in [0.15, 0.2) is 0 Å². The predicted octanol–water partition coefficient (Wildman–Crippen LogP) is 5.19. The van der Waals surface area contributed by atoms with Crippen molar-refractivity contribution in [1.82, 2.24) is 5.32 Å². The van der Waals surface area contributed by atoms with E-state index in [1.807, 2.05) is 11.3 Å². The number of hydrogen-bond acceptors (Lipinski definition) is 3. The highest BCUT2D eigenvalue weighted by Crippen LogP contribution is 2.24. The van der Waals surface area contributed by atoms with Gasteiger partial charge in [-0.25, -0.2) is 0 Å². The minimum Gasteiger partial charge on any atom is -0.377 e. The first-order valence-corrected chi connectivity index (χ1v) is 9.50. The number of ether oxygens (including phenoxy) is 1. The molecule has 0 radical (unpaired) electrons. The SMILES string of the molecule is CCCCCCCCOCc1cc(CNC2CC2)sc1C. The van der Waals surface area contributed by atoms with Crippen LogP contribution in [0.25, 0.3) is 0 Å². The van der Waals surface area contributed by atoms with E-state index < -0.39 is 0 Å². The monoisotopic (exact) mass is 309 g/mol. The van der Waals surface area contributed by atoms with Gasteiger partial charge in [-0.2, -0.15) is 0 Å². The van der Waals surface area contributed by atoms with Gasteiger partial charge in [0.05, 0.1) is 6.61 Å². The number of hydrogen-bond donors (Lipinski definition) is 1. The van der Waals surface area contributed by atoms with Gasteiger partial charge in [-0.05, 0) is 37.8 Å². The van der Waals surface area contributed by atoms with E-state index in [4.69, 9.17) is 4.74 Å². The summed E-state index contributed by atoms with van der Waals surface area (Å²) in [5, 5.41) is 3.58. The Bertz CT molecular complexity index is 398. The molecule has 2 rings (SSSR count). The van der Waals surface area contributed by atoms with E-state index in [2.05, 4.69) is 25.2 Å². The summed E-state index contributed by atoms with van der Waals surface area (Å²) in [6.45, 7) is 7.22. The molecule has 1 aliphatic carbocycles. The molecule has 21 heavy (non-hydrogen) atoms. The molecule has 3 heteroatoms. The van der Waals surface area contributed by atoms with Gasteiger partial charge < -0.3 is 10.1 Å². The molecule has 1 fully saturated rings. The third kappa shape index (κ3) is 6.94. The minimum absolute atomic E-state index is 0.791. The van der Waals surface area contributed by atoms with Crippen molar-refractivity contribution in [1.29, 1.82) is 0 Å². The molecule has 1 heterocycles. The summed E-state index contributed by atoms with van der Waals surface area (Å²) in [5.41, 5.74) is 1.39. The van der Waals surface area contributed by atoms with Crippen molar-refractivity contribution >= 4 is 11.3 Å². The Kier molecular flexibility index (Phi) is 7.76. The van der Waals surface area contributed by atoms with E-state index in [0.717, 1.165) is 25.8 Å². The summed E-state index contributed by atoms with van der Waals surface area (Å²) in [7, 11) is 0. The van der Waals surface area contributed by atoms with Gasteiger partial charge in [0.2, 0.25) is 0 Å². The molecule has 1 saturated carbocycles. The molecule has 1 aromatic rings. The van der Waals surface area contributed by atoms with Crippen LogP contribution in [0.2, 0.25) is 0 Å². The Morgan fingerprint density at radius 1 is 1.19 bits per heavy atom. The van der Waals surface area contributed by atoms with Crippen molar-refractivity contribution in [2.75, 3.05) is 6.61 Å². The predicted molar refractivity (Wildman–Crippen MR) is 91.9 cm³/mol. The maximum Gasteiger partial charge on any atom is 0.0727 e. The van der Waals surface area contributed by atoms with E-state index in [9.17, 15) is 0 Å². The lowest BCUT2D eigenvalue weighted by Gasteiger charge is -2.04. The fourth-order valence-corrected chi connectivity index (χ4v) is 3.52. The van der Waals surface area contributed by atoms with Gasteiger partial charge in [-0.1, -0.05) is 39.0 Å². The highest BCUT2D eigenvalue weighted by atomic mass is 32.1. The third-order valence-electron chi connectivity index (χ3n) is 4.11. The van der Waals surface area contributed by atoms with Gasteiger partial charge in [0.1, 0.15) is 0 Å². The second-order valence-electron chi connectivity index (χ2n) is 6.27. The Labute approximate surface area is 134 Å². The maximum atomic E-state index is 5.84. The average molecular weight is 310 g/mol. The van der Waals surface area contributed by atoms with Crippen LogP contribution in [0.1, 0.15) is 73.6 Å². The number of rotatable bonds is 12. The van der Waals surface area contributed by atoms with Crippen LogP contribution in [0.15, 0.2) is 6.07 Å². The first-order valence-electron chi connectivity index (χ1n) is 8.69. The zero-order valence-electron chi connectivity index (χ0n) is 13.7. The molecular weight excluding hydrogens is 278 g/mol. The molecule has 1 aromatic heterocycles. The van der Waals surface area contributed by atoms with Crippen LogP contribution in [0.3, 0.4) is 0 Å². The molecule has 0 unspecified atom stereocenters. The van der Waals surface area contributed by atoms with E-state index in [1.54, 1.807) is 0 Å². The van der Waals surface area contributed by atoms with Crippen molar-refractivity contribution in [2.24, 2.45) is 0 Å². The van der Waals surface area contributed by atoms with Crippen LogP contribution in [0, 0.1) is 6.92 Å². The van der Waals surface area contributed by atoms with Crippen LogP contribution in [-0.4, -0.2) is 12.6 Å². The molecule has 0 saturated heterocycles. The Hall–Kier alpha value is -0.380. The highest BCUT2D eigenvalue weighted by Gasteiger charge is 2.20. The first-order chi connectivity index (χ1) is 10.3. The summed E-state index contributed by atoms with van der Waals surface area (Å²) in [6, 6.07) is 3.12. The van der Waals surface area contributed by atoms with Gasteiger partial charge in [0.25, 0.3) is 0 Å². The van der Waals surface area contributed by atoms with Crippen molar-refractivity contribution in [2.45, 2.75) is 84.4 Å². The molecule has 2 nitrogen and oxygen atoms in total. The first kappa shape index (κ1) is 17.0. The van der Waals surface area contributed by atoms with Gasteiger partial charge in [-0.15, -0.1) is 11.3 Å². The lowest BCUT2D eigenvalue weighted by Crippen LogP contribution is -2.14. The second kappa shape index (κ2) is 9.60. The van der Waals surface area contributed by atoms with Crippen molar-refractivity contribution < 1.29 is 4.74 Å². The Morgan fingerprint density at radius 2 is 1.95 bits per heavy atom. The molecular formula is C18H31NOS. The number of unbranched alkanes of at least 4 members (excludes halogenated alkanes) is 5. The van der Waals surface area contributed by atoms with Crippen molar-refractivity contribution in [3.63, 3.8) is 0 Å². The fraction of sp³-hybridized carbons (Fsp3) is 0.778. The molecule has 0 bridgehead atoms. The van der Waals surface area contributed by atoms with E-state index in [0.29, 0.717) is 0 Å². The zero-order chi connectivity index (χ0) is 14.9. The maximum absolute atomic E-state index is 5.84. The lowest BCUT2D eigenvalue weighted by molar-refractivity contribution is 0.116. The Balaban J connectivity index is 1.54. The average Bonchev–Trinajstić information content (AvgIpc) is 3.24. The quantitative estimate of drug-likeness (QED) is 0.537. The van der Waals surface area contributed by atoms with E-state index >= 15 is 0 Å². The fourth-order valence-electron chi connectivity index (χ4n) is 2.52. The molecule has 1 aliphatic rings. The van der Waals surface area contributed by atoms with E-state index in [-0.39, 0.29) is 0 Å². The topological polar surface area (TPSA) is 21.3 Å². The summed E-state index contributed by atoms with van der Waals surface area (Å²) in [6.07, 6.45) is 10.7. The standard InChI is InChI=1S/C18H31NOS/c1-3-4-5-6-7-8-11-20-14-16-12-18(21-15(16)2)13-19-17-9-10-17/h12,17,19H,3-11,13-14H2,1-2H3. The van der Waals surface area contributed by atoms with Crippen LogP contribution in [0.5, 0.6) is 0 Å². The van der Waals surface area contributed by atoms with Crippen molar-refractivity contribution in [3.8, 4) is 0 Å². The smallest absolute Gasteiger partial charge is 0.0727 e. The summed E-state index contributed by atoms with van der Waals surface area (Å²) in [4.78, 5) is 2.88. The summed E-state index contributed by atoms with van der Waals surface area (Å²) in [5.74, 6) is 0. The largest absolute Gasteiger partial charge is 0.377 e. The molecule has 0 aromatic carbocycles. The number of aryl methyl sites for hydroxylation is 1. The zero-order valence-corrected chi connectivity index (χ0v) is 14.6. The number of thiophene rings is 1.